The van der Waals surface area contributed by atoms with Crippen LogP contribution in [0.15, 0.2) is 0 Å². The van der Waals surface area contributed by atoms with Gasteiger partial charge in [0.15, 0.2) is 0 Å². The van der Waals surface area contributed by atoms with Crippen LogP contribution in [0.5, 0.6) is 0 Å². The van der Waals surface area contributed by atoms with Crippen molar-refractivity contribution in [3.05, 3.63) is 0 Å². The van der Waals surface area contributed by atoms with E-state index in [4.69, 9.17) is 13.8 Å². The minimum Gasteiger partial charge on any atom is -0.373 e. The predicted molar refractivity (Wildman–Crippen MR) is 51.6 cm³/mol. The van der Waals surface area contributed by atoms with E-state index in [0.717, 1.165) is 0 Å². The van der Waals surface area contributed by atoms with E-state index in [1.165, 1.54) is 0 Å². The molecule has 0 aromatic heterocycles. The van der Waals surface area contributed by atoms with Crippen LogP contribution in [-0.4, -0.2) is 36.7 Å². The highest BCUT2D eigenvalue weighted by molar-refractivity contribution is 7.61. The average molecular weight is 227 g/mol. The highest BCUT2D eigenvalue weighted by Gasteiger charge is 2.52. The van der Waals surface area contributed by atoms with Gasteiger partial charge in [-0.2, -0.15) is 18.3 Å². The van der Waals surface area contributed by atoms with Crippen LogP contribution in [0, 0.1) is 0 Å². The second-order valence-corrected chi connectivity index (χ2v) is 5.23. The summed E-state index contributed by atoms with van der Waals surface area (Å²) in [5.41, 5.74) is 0. The highest BCUT2D eigenvalue weighted by Crippen LogP contribution is 2.63. The van der Waals surface area contributed by atoms with Crippen LogP contribution in [0.4, 0.5) is 4.39 Å². The molecule has 1 fully saturated rings. The van der Waals surface area contributed by atoms with Crippen molar-refractivity contribution in [3.63, 3.8) is 0 Å². The molecule has 2 unspecified atom stereocenters. The van der Waals surface area contributed by atoms with Crippen molar-refractivity contribution in [2.75, 3.05) is 19.8 Å². The molecule has 1 N–H and O–H groups in total. The Morgan fingerprint density at radius 1 is 1.50 bits per heavy atom. The fraction of sp³-hybridized carbons (Fsp3) is 1.00. The zero-order chi connectivity index (χ0) is 10.6. The summed E-state index contributed by atoms with van der Waals surface area (Å²) in [6, 6.07) is 0. The van der Waals surface area contributed by atoms with Crippen LogP contribution in [0.2, 0.25) is 0 Å². The monoisotopic (exact) mass is 227 g/mol. The van der Waals surface area contributed by atoms with Crippen LogP contribution < -0.4 is 0 Å². The van der Waals surface area contributed by atoms with E-state index in [2.05, 4.69) is 0 Å². The largest absolute Gasteiger partial charge is 0.444 e. The summed E-state index contributed by atoms with van der Waals surface area (Å²) in [4.78, 5) is 9.79. The van der Waals surface area contributed by atoms with Gasteiger partial charge in [-0.3, -0.25) is 0 Å². The summed E-state index contributed by atoms with van der Waals surface area (Å²) in [5, 5.41) is 0. The molecule has 0 aromatic rings. The first-order valence-electron chi connectivity index (χ1n) is 4.78. The van der Waals surface area contributed by atoms with Gasteiger partial charge in [-0.25, -0.2) is 0 Å². The second kappa shape index (κ2) is 5.33. The Morgan fingerprint density at radius 3 is 2.36 bits per heavy atom. The molecule has 0 radical (unpaired) electrons. The number of epoxide rings is 1. The summed E-state index contributed by atoms with van der Waals surface area (Å²) in [5.74, 6) is -1.46. The van der Waals surface area contributed by atoms with Crippen molar-refractivity contribution in [1.29, 1.82) is 0 Å². The molecule has 1 heterocycles. The molecule has 84 valence electrons. The summed E-state index contributed by atoms with van der Waals surface area (Å²) in [6.45, 7) is 4.46. The number of alkyl halides is 1. The SMILES string of the molecule is CCO[P+](O)(OCC)C(F)CC1CO1. The van der Waals surface area contributed by atoms with Crippen LogP contribution in [0.25, 0.3) is 0 Å². The third-order valence-electron chi connectivity index (χ3n) is 1.84. The van der Waals surface area contributed by atoms with Gasteiger partial charge in [-0.15, -0.1) is 0 Å². The Labute approximate surface area is 83.9 Å². The maximum atomic E-state index is 13.6. The number of halogens is 1. The quantitative estimate of drug-likeness (QED) is 0.533. The zero-order valence-electron chi connectivity index (χ0n) is 8.48. The lowest BCUT2D eigenvalue weighted by molar-refractivity contribution is 0.153. The lowest BCUT2D eigenvalue weighted by atomic mass is 10.4. The molecule has 4 nitrogen and oxygen atoms in total. The van der Waals surface area contributed by atoms with Gasteiger partial charge in [0.05, 0.1) is 32.3 Å². The van der Waals surface area contributed by atoms with E-state index < -0.39 is 13.9 Å². The smallest absolute Gasteiger partial charge is 0.373 e. The van der Waals surface area contributed by atoms with Gasteiger partial charge >= 0.3 is 7.94 Å². The molecule has 0 amide bonds. The predicted octanol–water partition coefficient (Wildman–Crippen LogP) is 1.90. The minimum absolute atomic E-state index is 0.0718. The molecule has 0 spiro atoms. The molecule has 1 saturated heterocycles. The zero-order valence-corrected chi connectivity index (χ0v) is 9.37. The van der Waals surface area contributed by atoms with Gasteiger partial charge in [0, 0.05) is 0 Å². The van der Waals surface area contributed by atoms with Crippen molar-refractivity contribution in [2.24, 2.45) is 0 Å². The number of hydrogen-bond donors (Lipinski definition) is 1. The molecule has 14 heavy (non-hydrogen) atoms. The normalized spacial score (nSPS) is 23.6. The van der Waals surface area contributed by atoms with E-state index in [-0.39, 0.29) is 25.7 Å². The van der Waals surface area contributed by atoms with Crippen molar-refractivity contribution < 1.29 is 23.1 Å². The molecule has 0 bridgehead atoms. The third kappa shape index (κ3) is 3.41. The molecule has 6 heteroatoms. The Hall–Kier alpha value is 0.200. The fourth-order valence-corrected chi connectivity index (χ4v) is 2.76. The topological polar surface area (TPSA) is 51.2 Å². The van der Waals surface area contributed by atoms with Crippen molar-refractivity contribution in [1.82, 2.24) is 0 Å². The average Bonchev–Trinajstić information content (AvgIpc) is 2.89. The van der Waals surface area contributed by atoms with Crippen molar-refractivity contribution in [2.45, 2.75) is 32.3 Å². The lowest BCUT2D eigenvalue weighted by Gasteiger charge is -2.18. The van der Waals surface area contributed by atoms with Crippen molar-refractivity contribution in [3.8, 4) is 0 Å². The molecule has 0 saturated carbocycles. The van der Waals surface area contributed by atoms with Crippen LogP contribution in [-0.2, 0) is 13.8 Å². The van der Waals surface area contributed by atoms with E-state index in [0.29, 0.717) is 6.61 Å². The molecule has 1 aliphatic heterocycles. The standard InChI is InChI=1S/C8H17FO4P/c1-3-12-14(10,13-4-2)8(9)5-7-6-11-7/h7-8,10H,3-6H2,1-2H3/q+1. The summed E-state index contributed by atoms with van der Waals surface area (Å²) in [6.07, 6.45) is 0.0852. The highest BCUT2D eigenvalue weighted by atomic mass is 31.2. The van der Waals surface area contributed by atoms with Gasteiger partial charge in [0.25, 0.3) is 5.91 Å². The fourth-order valence-electron chi connectivity index (χ4n) is 1.12. The van der Waals surface area contributed by atoms with Gasteiger partial charge < -0.3 is 4.74 Å². The first-order valence-corrected chi connectivity index (χ1v) is 6.43. The van der Waals surface area contributed by atoms with Gasteiger partial charge in [0.1, 0.15) is 0 Å². The summed E-state index contributed by atoms with van der Waals surface area (Å²) >= 11 is 0. The maximum absolute atomic E-state index is 13.6. The Kier molecular flexibility index (Phi) is 4.67. The molecular weight excluding hydrogens is 210 g/mol. The van der Waals surface area contributed by atoms with E-state index in [1.807, 2.05) is 0 Å². The minimum atomic E-state index is -3.32. The Bertz CT molecular complexity index is 171. The Morgan fingerprint density at radius 2 is 2.00 bits per heavy atom. The molecule has 0 aliphatic carbocycles. The van der Waals surface area contributed by atoms with Crippen LogP contribution in [0.3, 0.4) is 0 Å². The third-order valence-corrected chi connectivity index (χ3v) is 4.02. The van der Waals surface area contributed by atoms with E-state index in [1.54, 1.807) is 13.8 Å². The lowest BCUT2D eigenvalue weighted by Crippen LogP contribution is -2.16. The van der Waals surface area contributed by atoms with E-state index >= 15 is 0 Å². The molecule has 1 aliphatic rings. The number of hydrogen-bond acceptors (Lipinski definition) is 4. The molecule has 2 atom stereocenters. The Balaban J connectivity index is 2.44. The molecule has 0 aromatic carbocycles. The number of rotatable bonds is 7. The first-order chi connectivity index (χ1) is 6.62. The van der Waals surface area contributed by atoms with Crippen LogP contribution >= 0.6 is 7.94 Å². The van der Waals surface area contributed by atoms with E-state index in [9.17, 15) is 9.28 Å². The summed E-state index contributed by atoms with van der Waals surface area (Å²) in [7, 11) is -3.32. The molecular formula is C8H17FO4P+. The first kappa shape index (κ1) is 12.3. The van der Waals surface area contributed by atoms with Crippen LogP contribution in [0.1, 0.15) is 20.3 Å². The number of ether oxygens (including phenoxy) is 1. The summed E-state index contributed by atoms with van der Waals surface area (Å²) < 4.78 is 28.4. The molecule has 1 rings (SSSR count). The van der Waals surface area contributed by atoms with Gasteiger partial charge in [-0.05, 0) is 13.8 Å². The second-order valence-electron chi connectivity index (χ2n) is 3.03. The maximum Gasteiger partial charge on any atom is 0.444 e. The van der Waals surface area contributed by atoms with Gasteiger partial charge in [0.2, 0.25) is 0 Å². The van der Waals surface area contributed by atoms with Gasteiger partial charge in [-0.1, -0.05) is 0 Å². The van der Waals surface area contributed by atoms with Crippen molar-refractivity contribution >= 4 is 7.94 Å².